The minimum atomic E-state index is -0.290. The molecule has 1 rings (SSSR count). The minimum absolute atomic E-state index is 0.0420. The van der Waals surface area contributed by atoms with Crippen molar-refractivity contribution in [1.29, 1.82) is 0 Å². The molecule has 0 saturated heterocycles. The van der Waals surface area contributed by atoms with E-state index in [0.29, 0.717) is 5.69 Å². The second-order valence-corrected chi connectivity index (χ2v) is 4.27. The lowest BCUT2D eigenvalue weighted by Crippen LogP contribution is -2.22. The Kier molecular flexibility index (Phi) is 5.67. The maximum Gasteiger partial charge on any atom is 0.227 e. The van der Waals surface area contributed by atoms with Gasteiger partial charge in [-0.3, -0.25) is 4.79 Å². The maximum atomic E-state index is 12.7. The van der Waals surface area contributed by atoms with Gasteiger partial charge in [0.1, 0.15) is 5.82 Å². The zero-order chi connectivity index (χ0) is 12.7. The van der Waals surface area contributed by atoms with Crippen LogP contribution in [0.1, 0.15) is 39.5 Å². The number of hydrogen-bond acceptors (Lipinski definition) is 1. The quantitative estimate of drug-likeness (QED) is 0.796. The number of halogens is 1. The molecule has 0 aliphatic rings. The van der Waals surface area contributed by atoms with Gasteiger partial charge >= 0.3 is 0 Å². The van der Waals surface area contributed by atoms with Gasteiger partial charge in [0, 0.05) is 11.6 Å². The Bertz CT molecular complexity index is 342. The highest BCUT2D eigenvalue weighted by Crippen LogP contribution is 2.17. The van der Waals surface area contributed by atoms with Crippen molar-refractivity contribution in [2.24, 2.45) is 5.92 Å². The highest BCUT2D eigenvalue weighted by molar-refractivity contribution is 5.92. The minimum Gasteiger partial charge on any atom is -0.326 e. The summed E-state index contributed by atoms with van der Waals surface area (Å²) in [5.74, 6) is -0.183. The van der Waals surface area contributed by atoms with Crippen LogP contribution in [0.5, 0.6) is 0 Å². The van der Waals surface area contributed by atoms with E-state index in [9.17, 15) is 9.18 Å². The number of carbonyl (C=O) groups excluding carboxylic acids is 1. The molecule has 0 heterocycles. The zero-order valence-corrected chi connectivity index (χ0v) is 10.5. The normalized spacial score (nSPS) is 10.6. The van der Waals surface area contributed by atoms with E-state index in [1.807, 2.05) is 0 Å². The Morgan fingerprint density at radius 3 is 2.18 bits per heavy atom. The molecule has 0 atom stereocenters. The Labute approximate surface area is 102 Å². The average Bonchev–Trinajstić information content (AvgIpc) is 2.32. The number of amides is 1. The SMILES string of the molecule is CCCC(CCC)C(=O)Nc1ccc(F)cc1. The fourth-order valence-corrected chi connectivity index (χ4v) is 1.88. The monoisotopic (exact) mass is 237 g/mol. The topological polar surface area (TPSA) is 29.1 Å². The molecule has 3 heteroatoms. The van der Waals surface area contributed by atoms with Gasteiger partial charge in [-0.1, -0.05) is 26.7 Å². The van der Waals surface area contributed by atoms with Crippen molar-refractivity contribution < 1.29 is 9.18 Å². The van der Waals surface area contributed by atoms with E-state index in [-0.39, 0.29) is 17.6 Å². The van der Waals surface area contributed by atoms with Gasteiger partial charge < -0.3 is 5.32 Å². The molecule has 2 nitrogen and oxygen atoms in total. The van der Waals surface area contributed by atoms with Crippen molar-refractivity contribution in [1.82, 2.24) is 0 Å². The Morgan fingerprint density at radius 1 is 1.18 bits per heavy atom. The summed E-state index contributed by atoms with van der Waals surface area (Å²) in [4.78, 5) is 12.0. The number of hydrogen-bond donors (Lipinski definition) is 1. The van der Waals surface area contributed by atoms with Crippen LogP contribution in [-0.2, 0) is 4.79 Å². The summed E-state index contributed by atoms with van der Waals surface area (Å²) < 4.78 is 12.7. The van der Waals surface area contributed by atoms with Crippen LogP contribution in [-0.4, -0.2) is 5.91 Å². The van der Waals surface area contributed by atoms with E-state index in [0.717, 1.165) is 25.7 Å². The Morgan fingerprint density at radius 2 is 1.71 bits per heavy atom. The lowest BCUT2D eigenvalue weighted by atomic mass is 9.97. The Hall–Kier alpha value is -1.38. The molecule has 0 unspecified atom stereocenters. The fourth-order valence-electron chi connectivity index (χ4n) is 1.88. The van der Waals surface area contributed by atoms with E-state index in [2.05, 4.69) is 19.2 Å². The van der Waals surface area contributed by atoms with Crippen molar-refractivity contribution >= 4 is 11.6 Å². The molecule has 0 radical (unpaired) electrons. The van der Waals surface area contributed by atoms with Crippen molar-refractivity contribution in [2.45, 2.75) is 39.5 Å². The van der Waals surface area contributed by atoms with Crippen LogP contribution in [0, 0.1) is 11.7 Å². The van der Waals surface area contributed by atoms with Gasteiger partial charge in [-0.25, -0.2) is 4.39 Å². The van der Waals surface area contributed by atoms with Gasteiger partial charge in [0.2, 0.25) is 5.91 Å². The molecule has 0 spiro atoms. The van der Waals surface area contributed by atoms with Gasteiger partial charge in [0.25, 0.3) is 0 Å². The molecule has 1 N–H and O–H groups in total. The molecule has 0 saturated carbocycles. The molecule has 0 fully saturated rings. The van der Waals surface area contributed by atoms with Crippen LogP contribution >= 0.6 is 0 Å². The van der Waals surface area contributed by atoms with Gasteiger partial charge in [0.15, 0.2) is 0 Å². The first-order valence-electron chi connectivity index (χ1n) is 6.23. The summed E-state index contributed by atoms with van der Waals surface area (Å²) in [5.41, 5.74) is 0.661. The summed E-state index contributed by atoms with van der Waals surface area (Å²) in [6.07, 6.45) is 3.81. The Balaban J connectivity index is 2.59. The third-order valence-electron chi connectivity index (χ3n) is 2.76. The summed E-state index contributed by atoms with van der Waals surface area (Å²) >= 11 is 0. The van der Waals surface area contributed by atoms with Crippen molar-refractivity contribution in [3.8, 4) is 0 Å². The molecule has 94 valence electrons. The van der Waals surface area contributed by atoms with Crippen molar-refractivity contribution in [2.75, 3.05) is 5.32 Å². The summed E-state index contributed by atoms with van der Waals surface area (Å²) in [5, 5.41) is 2.83. The number of rotatable bonds is 6. The third-order valence-corrected chi connectivity index (χ3v) is 2.76. The zero-order valence-electron chi connectivity index (χ0n) is 10.5. The van der Waals surface area contributed by atoms with E-state index in [1.165, 1.54) is 12.1 Å². The van der Waals surface area contributed by atoms with Crippen molar-refractivity contribution in [3.63, 3.8) is 0 Å². The van der Waals surface area contributed by atoms with Crippen LogP contribution in [0.3, 0.4) is 0 Å². The molecule has 0 aliphatic carbocycles. The van der Waals surface area contributed by atoms with Crippen LogP contribution < -0.4 is 5.32 Å². The fraction of sp³-hybridized carbons (Fsp3) is 0.500. The van der Waals surface area contributed by atoms with Gasteiger partial charge in [-0.15, -0.1) is 0 Å². The van der Waals surface area contributed by atoms with E-state index < -0.39 is 0 Å². The van der Waals surface area contributed by atoms with Gasteiger partial charge in [-0.05, 0) is 37.1 Å². The highest BCUT2D eigenvalue weighted by atomic mass is 19.1. The maximum absolute atomic E-state index is 12.7. The first-order chi connectivity index (χ1) is 8.17. The van der Waals surface area contributed by atoms with E-state index >= 15 is 0 Å². The molecule has 1 aromatic rings. The molecule has 17 heavy (non-hydrogen) atoms. The molecule has 1 aromatic carbocycles. The number of nitrogens with one attached hydrogen (secondary N) is 1. The number of benzene rings is 1. The third kappa shape index (κ3) is 4.55. The largest absolute Gasteiger partial charge is 0.326 e. The number of carbonyl (C=O) groups is 1. The molecule has 0 aromatic heterocycles. The van der Waals surface area contributed by atoms with E-state index in [4.69, 9.17) is 0 Å². The lowest BCUT2D eigenvalue weighted by Gasteiger charge is -2.15. The predicted octanol–water partition coefficient (Wildman–Crippen LogP) is 3.98. The van der Waals surface area contributed by atoms with Crippen LogP contribution in [0.2, 0.25) is 0 Å². The summed E-state index contributed by atoms with van der Waals surface area (Å²) in [7, 11) is 0. The summed E-state index contributed by atoms with van der Waals surface area (Å²) in [6, 6.07) is 5.87. The average molecular weight is 237 g/mol. The van der Waals surface area contributed by atoms with Gasteiger partial charge in [-0.2, -0.15) is 0 Å². The summed E-state index contributed by atoms with van der Waals surface area (Å²) in [6.45, 7) is 4.15. The number of anilines is 1. The molecule has 0 bridgehead atoms. The van der Waals surface area contributed by atoms with Crippen LogP contribution in [0.15, 0.2) is 24.3 Å². The van der Waals surface area contributed by atoms with Crippen molar-refractivity contribution in [3.05, 3.63) is 30.1 Å². The van der Waals surface area contributed by atoms with E-state index in [1.54, 1.807) is 12.1 Å². The van der Waals surface area contributed by atoms with Gasteiger partial charge in [0.05, 0.1) is 0 Å². The second-order valence-electron chi connectivity index (χ2n) is 4.27. The lowest BCUT2D eigenvalue weighted by molar-refractivity contribution is -0.120. The first-order valence-corrected chi connectivity index (χ1v) is 6.23. The first kappa shape index (κ1) is 13.7. The molecular formula is C14H20FNO. The molecule has 0 aliphatic heterocycles. The predicted molar refractivity (Wildman–Crippen MR) is 68.3 cm³/mol. The molecule has 1 amide bonds. The standard InChI is InChI=1S/C14H20FNO/c1-3-5-11(6-4-2)14(17)16-13-9-7-12(15)8-10-13/h7-11H,3-6H2,1-2H3,(H,16,17). The molecular weight excluding hydrogens is 217 g/mol. The highest BCUT2D eigenvalue weighted by Gasteiger charge is 2.16. The second kappa shape index (κ2) is 7.05. The van der Waals surface area contributed by atoms with Crippen LogP contribution in [0.4, 0.5) is 10.1 Å². The van der Waals surface area contributed by atoms with Crippen LogP contribution in [0.25, 0.3) is 0 Å². The smallest absolute Gasteiger partial charge is 0.227 e.